The van der Waals surface area contributed by atoms with Crippen LogP contribution in [0.2, 0.25) is 0 Å². The van der Waals surface area contributed by atoms with Gasteiger partial charge in [0.15, 0.2) is 6.23 Å². The summed E-state index contributed by atoms with van der Waals surface area (Å²) in [6.45, 7) is 4.99. The van der Waals surface area contributed by atoms with Crippen LogP contribution in [0.15, 0.2) is 24.3 Å². The molecule has 0 spiro atoms. The Morgan fingerprint density at radius 3 is 2.43 bits per heavy atom. The van der Waals surface area contributed by atoms with Crippen molar-refractivity contribution in [3.8, 4) is 5.75 Å². The summed E-state index contributed by atoms with van der Waals surface area (Å²) in [6.07, 6.45) is 2.57. The molecular weight excluding hydrogens is 270 g/mol. The first-order chi connectivity index (χ1) is 10.1. The van der Waals surface area contributed by atoms with Crippen molar-refractivity contribution >= 4 is 12.3 Å². The maximum Gasteiger partial charge on any atom is 0.304 e. The zero-order valence-corrected chi connectivity index (χ0v) is 12.5. The van der Waals surface area contributed by atoms with Crippen molar-refractivity contribution in [1.82, 2.24) is 4.90 Å². The fourth-order valence-corrected chi connectivity index (χ4v) is 2.49. The van der Waals surface area contributed by atoms with E-state index in [2.05, 4.69) is 4.90 Å². The molecule has 1 aliphatic rings. The average Bonchev–Trinajstić information content (AvgIpc) is 2.48. The third-order valence-electron chi connectivity index (χ3n) is 3.65. The van der Waals surface area contributed by atoms with Crippen molar-refractivity contribution in [2.45, 2.75) is 39.0 Å². The lowest BCUT2D eigenvalue weighted by atomic mass is 10.1. The Morgan fingerprint density at radius 1 is 1.29 bits per heavy atom. The highest BCUT2D eigenvalue weighted by atomic mass is 16.6. The summed E-state index contributed by atoms with van der Waals surface area (Å²) in [5.74, 6) is 0.531. The average molecular weight is 291 g/mol. The van der Waals surface area contributed by atoms with E-state index in [1.54, 1.807) is 12.1 Å². The zero-order chi connectivity index (χ0) is 15.2. The first kappa shape index (κ1) is 15.5. The molecule has 5 heteroatoms. The summed E-state index contributed by atoms with van der Waals surface area (Å²) in [4.78, 5) is 23.7. The zero-order valence-electron chi connectivity index (χ0n) is 12.5. The maximum atomic E-state index is 11.0. The Morgan fingerprint density at radius 2 is 1.90 bits per heavy atom. The highest BCUT2D eigenvalue weighted by Crippen LogP contribution is 2.20. The predicted molar refractivity (Wildman–Crippen MR) is 78.3 cm³/mol. The van der Waals surface area contributed by atoms with Gasteiger partial charge in [0, 0.05) is 25.6 Å². The van der Waals surface area contributed by atoms with Gasteiger partial charge in [0.25, 0.3) is 0 Å². The van der Waals surface area contributed by atoms with E-state index in [4.69, 9.17) is 9.47 Å². The molecule has 1 heterocycles. The standard InChI is InChI=1S/C16H21NO4/c1-12(20-13(2)19)17-9-7-16(8-10-17)21-15-5-3-14(11-18)4-6-15/h3-6,11-12,16H,7-10H2,1-2H3. The van der Waals surface area contributed by atoms with Gasteiger partial charge in [-0.2, -0.15) is 0 Å². The fraction of sp³-hybridized carbons (Fsp3) is 0.500. The minimum absolute atomic E-state index is 0.160. The molecule has 1 saturated heterocycles. The first-order valence-corrected chi connectivity index (χ1v) is 7.21. The summed E-state index contributed by atoms with van der Waals surface area (Å²) in [5, 5.41) is 0. The topological polar surface area (TPSA) is 55.8 Å². The number of likely N-dealkylation sites (tertiary alicyclic amines) is 1. The second kappa shape index (κ2) is 7.22. The number of hydrogen-bond donors (Lipinski definition) is 0. The fourth-order valence-electron chi connectivity index (χ4n) is 2.49. The molecule has 1 fully saturated rings. The lowest BCUT2D eigenvalue weighted by molar-refractivity contribution is -0.156. The number of piperidine rings is 1. The van der Waals surface area contributed by atoms with Crippen molar-refractivity contribution in [3.63, 3.8) is 0 Å². The monoisotopic (exact) mass is 291 g/mol. The number of rotatable bonds is 5. The largest absolute Gasteiger partial charge is 0.490 e. The molecule has 1 aliphatic heterocycles. The molecule has 1 unspecified atom stereocenters. The molecule has 5 nitrogen and oxygen atoms in total. The van der Waals surface area contributed by atoms with E-state index < -0.39 is 0 Å². The van der Waals surface area contributed by atoms with Crippen LogP contribution in [-0.2, 0) is 9.53 Å². The summed E-state index contributed by atoms with van der Waals surface area (Å²) in [6, 6.07) is 7.13. The van der Waals surface area contributed by atoms with Crippen molar-refractivity contribution in [3.05, 3.63) is 29.8 Å². The minimum Gasteiger partial charge on any atom is -0.490 e. The number of carbonyl (C=O) groups excluding carboxylic acids is 2. The molecule has 1 aromatic rings. The van der Waals surface area contributed by atoms with E-state index in [0.29, 0.717) is 5.56 Å². The van der Waals surface area contributed by atoms with Crippen molar-refractivity contribution in [2.75, 3.05) is 13.1 Å². The number of nitrogens with zero attached hydrogens (tertiary/aromatic N) is 1. The van der Waals surface area contributed by atoms with Crippen molar-refractivity contribution in [1.29, 1.82) is 0 Å². The van der Waals surface area contributed by atoms with Crippen LogP contribution >= 0.6 is 0 Å². The predicted octanol–water partition coefficient (Wildman–Crippen LogP) is 2.25. The van der Waals surface area contributed by atoms with Gasteiger partial charge < -0.3 is 9.47 Å². The highest BCUT2D eigenvalue weighted by molar-refractivity contribution is 5.74. The van der Waals surface area contributed by atoms with Crippen molar-refractivity contribution in [2.24, 2.45) is 0 Å². The molecule has 0 bridgehead atoms. The number of ether oxygens (including phenoxy) is 2. The molecule has 21 heavy (non-hydrogen) atoms. The number of hydrogen-bond acceptors (Lipinski definition) is 5. The quantitative estimate of drug-likeness (QED) is 0.615. The summed E-state index contributed by atoms with van der Waals surface area (Å²) in [7, 11) is 0. The molecule has 0 saturated carbocycles. The number of carbonyl (C=O) groups is 2. The van der Waals surface area contributed by atoms with Crippen LogP contribution in [-0.4, -0.2) is 42.6 Å². The van der Waals surface area contributed by atoms with Gasteiger partial charge in [0.2, 0.25) is 0 Å². The lowest BCUT2D eigenvalue weighted by Crippen LogP contribution is -2.44. The molecule has 114 valence electrons. The van der Waals surface area contributed by atoms with Crippen molar-refractivity contribution < 1.29 is 19.1 Å². The molecular formula is C16H21NO4. The van der Waals surface area contributed by atoms with E-state index >= 15 is 0 Å². The summed E-state index contributed by atoms with van der Waals surface area (Å²) < 4.78 is 11.1. The minimum atomic E-state index is -0.254. The van der Waals surface area contributed by atoms with Gasteiger partial charge in [0.05, 0.1) is 0 Å². The smallest absolute Gasteiger partial charge is 0.304 e. The lowest BCUT2D eigenvalue weighted by Gasteiger charge is -2.35. The van der Waals surface area contributed by atoms with E-state index in [1.165, 1.54) is 6.92 Å². The number of benzene rings is 1. The van der Waals surface area contributed by atoms with Crippen LogP contribution in [0, 0.1) is 0 Å². The molecule has 0 N–H and O–H groups in total. The van der Waals surface area contributed by atoms with Gasteiger partial charge in [0.1, 0.15) is 18.1 Å². The van der Waals surface area contributed by atoms with Crippen LogP contribution in [0.4, 0.5) is 0 Å². The Kier molecular flexibility index (Phi) is 5.33. The Hall–Kier alpha value is -1.88. The van der Waals surface area contributed by atoms with Gasteiger partial charge in [-0.25, -0.2) is 0 Å². The van der Waals surface area contributed by atoms with Gasteiger partial charge in [-0.15, -0.1) is 0 Å². The molecule has 0 radical (unpaired) electrons. The van der Waals surface area contributed by atoms with Crippen LogP contribution in [0.25, 0.3) is 0 Å². The highest BCUT2D eigenvalue weighted by Gasteiger charge is 2.25. The van der Waals surface area contributed by atoms with E-state index in [9.17, 15) is 9.59 Å². The third-order valence-corrected chi connectivity index (χ3v) is 3.65. The summed E-state index contributed by atoms with van der Waals surface area (Å²) >= 11 is 0. The number of esters is 1. The normalized spacial score (nSPS) is 18.0. The number of aldehydes is 1. The van der Waals surface area contributed by atoms with Gasteiger partial charge in [-0.05, 0) is 44.0 Å². The Balaban J connectivity index is 1.80. The Labute approximate surface area is 124 Å². The van der Waals surface area contributed by atoms with E-state index in [0.717, 1.165) is 38.0 Å². The SMILES string of the molecule is CC(=O)OC(C)N1CCC(Oc2ccc(C=O)cc2)CC1. The van der Waals surface area contributed by atoms with E-state index in [1.807, 2.05) is 19.1 Å². The molecule has 0 aliphatic carbocycles. The van der Waals surface area contributed by atoms with Gasteiger partial charge >= 0.3 is 5.97 Å². The molecule has 1 aromatic carbocycles. The van der Waals surface area contributed by atoms with E-state index in [-0.39, 0.29) is 18.3 Å². The van der Waals surface area contributed by atoms with Crippen LogP contribution in [0.3, 0.4) is 0 Å². The molecule has 1 atom stereocenters. The first-order valence-electron chi connectivity index (χ1n) is 7.21. The van der Waals surface area contributed by atoms with Gasteiger partial charge in [-0.3, -0.25) is 14.5 Å². The Bertz CT molecular complexity index is 478. The molecule has 0 aromatic heterocycles. The second-order valence-electron chi connectivity index (χ2n) is 5.25. The van der Waals surface area contributed by atoms with Gasteiger partial charge in [-0.1, -0.05) is 0 Å². The van der Waals surface area contributed by atoms with Crippen LogP contribution in [0.5, 0.6) is 5.75 Å². The van der Waals surface area contributed by atoms with Crippen LogP contribution < -0.4 is 4.74 Å². The summed E-state index contributed by atoms with van der Waals surface area (Å²) in [5.41, 5.74) is 0.646. The maximum absolute atomic E-state index is 11.0. The molecule has 2 rings (SSSR count). The molecule has 0 amide bonds. The third kappa shape index (κ3) is 4.56. The second-order valence-corrected chi connectivity index (χ2v) is 5.25. The van der Waals surface area contributed by atoms with Crippen LogP contribution in [0.1, 0.15) is 37.0 Å².